The van der Waals surface area contributed by atoms with E-state index in [-0.39, 0.29) is 5.91 Å². The molecule has 2 N–H and O–H groups in total. The lowest BCUT2D eigenvalue weighted by Crippen LogP contribution is -2.37. The molecule has 1 amide bonds. The topological polar surface area (TPSA) is 41.1 Å². The zero-order valence-electron chi connectivity index (χ0n) is 12.5. The Balaban J connectivity index is 1.62. The minimum atomic E-state index is -0.105. The summed E-state index contributed by atoms with van der Waals surface area (Å²) in [7, 11) is 0. The maximum Gasteiger partial charge on any atom is 0.269 e. The zero-order chi connectivity index (χ0) is 15.2. The van der Waals surface area contributed by atoms with Gasteiger partial charge in [-0.15, -0.1) is 0 Å². The highest BCUT2D eigenvalue weighted by molar-refractivity contribution is 5.94. The van der Waals surface area contributed by atoms with Gasteiger partial charge < -0.3 is 5.43 Å². The molecule has 2 aromatic rings. The van der Waals surface area contributed by atoms with E-state index in [2.05, 4.69) is 29.1 Å². The van der Waals surface area contributed by atoms with Crippen molar-refractivity contribution in [2.24, 2.45) is 0 Å². The van der Waals surface area contributed by atoms with Gasteiger partial charge in [0.25, 0.3) is 5.91 Å². The van der Waals surface area contributed by atoms with E-state index < -0.39 is 0 Å². The van der Waals surface area contributed by atoms with E-state index in [1.807, 2.05) is 42.5 Å². The second-order valence-corrected chi connectivity index (χ2v) is 5.50. The first-order chi connectivity index (χ1) is 10.8. The quantitative estimate of drug-likeness (QED) is 0.835. The Morgan fingerprint density at radius 3 is 2.27 bits per heavy atom. The van der Waals surface area contributed by atoms with Gasteiger partial charge in [-0.1, -0.05) is 48.5 Å². The molecule has 0 unspecified atom stereocenters. The fourth-order valence-electron chi connectivity index (χ4n) is 2.61. The van der Waals surface area contributed by atoms with Crippen molar-refractivity contribution in [3.63, 3.8) is 0 Å². The highest BCUT2D eigenvalue weighted by Gasteiger charge is 2.07. The predicted molar refractivity (Wildman–Crippen MR) is 89.0 cm³/mol. The number of rotatable bonds is 4. The molecule has 0 spiro atoms. The lowest BCUT2D eigenvalue weighted by Gasteiger charge is -2.15. The molecule has 0 fully saturated rings. The largest absolute Gasteiger partial charge is 0.303 e. The van der Waals surface area contributed by atoms with Crippen molar-refractivity contribution >= 4 is 5.91 Å². The molecule has 2 aromatic carbocycles. The van der Waals surface area contributed by atoms with E-state index in [0.717, 1.165) is 29.7 Å². The Morgan fingerprint density at radius 1 is 0.864 bits per heavy atom. The van der Waals surface area contributed by atoms with Crippen LogP contribution in [0, 0.1) is 0 Å². The van der Waals surface area contributed by atoms with Crippen LogP contribution >= 0.6 is 0 Å². The van der Waals surface area contributed by atoms with E-state index in [0.29, 0.717) is 5.56 Å². The summed E-state index contributed by atoms with van der Waals surface area (Å²) in [4.78, 5) is 12.1. The van der Waals surface area contributed by atoms with Crippen LogP contribution in [0.3, 0.4) is 0 Å². The second kappa shape index (κ2) is 6.94. The van der Waals surface area contributed by atoms with Gasteiger partial charge in [-0.3, -0.25) is 10.2 Å². The van der Waals surface area contributed by atoms with Crippen LogP contribution in [0.25, 0.3) is 11.1 Å². The molecule has 1 aliphatic rings. The highest BCUT2D eigenvalue weighted by atomic mass is 16.2. The third-order valence-electron chi connectivity index (χ3n) is 3.88. The summed E-state index contributed by atoms with van der Waals surface area (Å²) in [5.41, 5.74) is 9.83. The van der Waals surface area contributed by atoms with Gasteiger partial charge in [0.1, 0.15) is 0 Å². The van der Waals surface area contributed by atoms with Crippen LogP contribution in [0.2, 0.25) is 0 Å². The Kier molecular flexibility index (Phi) is 4.54. The number of hydrogen-bond donors (Lipinski definition) is 2. The number of hydrogen-bond acceptors (Lipinski definition) is 2. The SMILES string of the molecule is O=C(NNC1=CCCCC1)c1ccc(-c2ccccc2)cc1. The number of benzene rings is 2. The van der Waals surface area contributed by atoms with E-state index in [4.69, 9.17) is 0 Å². The minimum absolute atomic E-state index is 0.105. The molecule has 0 saturated heterocycles. The van der Waals surface area contributed by atoms with Crippen LogP contribution < -0.4 is 10.9 Å². The monoisotopic (exact) mass is 292 g/mol. The highest BCUT2D eigenvalue weighted by Crippen LogP contribution is 2.19. The minimum Gasteiger partial charge on any atom is -0.303 e. The van der Waals surface area contributed by atoms with Gasteiger partial charge in [0.15, 0.2) is 0 Å². The molecule has 0 radical (unpaired) electrons. The Morgan fingerprint density at radius 2 is 1.59 bits per heavy atom. The van der Waals surface area contributed by atoms with Gasteiger partial charge in [0, 0.05) is 11.3 Å². The molecular weight excluding hydrogens is 272 g/mol. The zero-order valence-corrected chi connectivity index (χ0v) is 12.5. The molecule has 0 bridgehead atoms. The van der Waals surface area contributed by atoms with Gasteiger partial charge in [-0.25, -0.2) is 0 Å². The van der Waals surface area contributed by atoms with Gasteiger partial charge in [0.2, 0.25) is 0 Å². The van der Waals surface area contributed by atoms with Crippen molar-refractivity contribution in [3.05, 3.63) is 71.9 Å². The average molecular weight is 292 g/mol. The van der Waals surface area contributed by atoms with Gasteiger partial charge in [-0.2, -0.15) is 0 Å². The molecule has 0 heterocycles. The summed E-state index contributed by atoms with van der Waals surface area (Å²) in [6, 6.07) is 17.8. The molecule has 0 aliphatic heterocycles. The fraction of sp³-hybridized carbons (Fsp3) is 0.211. The number of carbonyl (C=O) groups is 1. The molecule has 0 atom stereocenters. The summed E-state index contributed by atoms with van der Waals surface area (Å²) < 4.78 is 0. The van der Waals surface area contributed by atoms with Crippen LogP contribution in [-0.4, -0.2) is 5.91 Å². The van der Waals surface area contributed by atoms with Gasteiger partial charge >= 0.3 is 0 Å². The summed E-state index contributed by atoms with van der Waals surface area (Å²) in [6.07, 6.45) is 6.67. The van der Waals surface area contributed by atoms with Crippen LogP contribution in [0.1, 0.15) is 36.0 Å². The number of hydrazine groups is 1. The summed E-state index contributed by atoms with van der Waals surface area (Å²) in [6.45, 7) is 0. The number of allylic oxidation sites excluding steroid dienone is 2. The Labute approximate surface area is 131 Å². The maximum absolute atomic E-state index is 12.1. The average Bonchev–Trinajstić information content (AvgIpc) is 2.61. The van der Waals surface area contributed by atoms with E-state index >= 15 is 0 Å². The molecule has 112 valence electrons. The fourth-order valence-corrected chi connectivity index (χ4v) is 2.61. The van der Waals surface area contributed by atoms with Gasteiger partial charge in [0.05, 0.1) is 0 Å². The molecule has 3 rings (SSSR count). The summed E-state index contributed by atoms with van der Waals surface area (Å²) in [5, 5.41) is 0. The van der Waals surface area contributed by atoms with E-state index in [9.17, 15) is 4.79 Å². The first kappa shape index (κ1) is 14.4. The van der Waals surface area contributed by atoms with Crippen LogP contribution in [0.15, 0.2) is 66.4 Å². The van der Waals surface area contributed by atoms with Crippen LogP contribution in [-0.2, 0) is 0 Å². The smallest absolute Gasteiger partial charge is 0.269 e. The first-order valence-electron chi connectivity index (χ1n) is 7.74. The van der Waals surface area contributed by atoms with Crippen molar-refractivity contribution in [1.29, 1.82) is 0 Å². The molecular formula is C19H20N2O. The van der Waals surface area contributed by atoms with Crippen molar-refractivity contribution in [3.8, 4) is 11.1 Å². The molecule has 1 aliphatic carbocycles. The van der Waals surface area contributed by atoms with Crippen molar-refractivity contribution in [1.82, 2.24) is 10.9 Å². The van der Waals surface area contributed by atoms with E-state index in [1.165, 1.54) is 12.8 Å². The third-order valence-corrected chi connectivity index (χ3v) is 3.88. The number of amides is 1. The lowest BCUT2D eigenvalue weighted by atomic mass is 10.0. The summed E-state index contributed by atoms with van der Waals surface area (Å²) in [5.74, 6) is -0.105. The second-order valence-electron chi connectivity index (χ2n) is 5.50. The van der Waals surface area contributed by atoms with Crippen molar-refractivity contribution in [2.75, 3.05) is 0 Å². The van der Waals surface area contributed by atoms with Crippen LogP contribution in [0.5, 0.6) is 0 Å². The molecule has 0 saturated carbocycles. The van der Waals surface area contributed by atoms with Crippen molar-refractivity contribution < 1.29 is 4.79 Å². The third kappa shape index (κ3) is 3.55. The number of nitrogens with one attached hydrogen (secondary N) is 2. The number of carbonyl (C=O) groups excluding carboxylic acids is 1. The maximum atomic E-state index is 12.1. The predicted octanol–water partition coefficient (Wildman–Crippen LogP) is 4.05. The Bertz CT molecular complexity index is 660. The van der Waals surface area contributed by atoms with Crippen molar-refractivity contribution in [2.45, 2.75) is 25.7 Å². The van der Waals surface area contributed by atoms with Crippen LogP contribution in [0.4, 0.5) is 0 Å². The molecule has 3 heteroatoms. The summed E-state index contributed by atoms with van der Waals surface area (Å²) >= 11 is 0. The first-order valence-corrected chi connectivity index (χ1v) is 7.74. The molecule has 22 heavy (non-hydrogen) atoms. The molecule has 3 nitrogen and oxygen atoms in total. The standard InChI is InChI=1S/C19H20N2O/c22-19(21-20-18-9-5-2-6-10-18)17-13-11-16(12-14-17)15-7-3-1-4-8-15/h1,3-4,7-9,11-14,20H,2,5-6,10H2,(H,21,22). The van der Waals surface area contributed by atoms with E-state index in [1.54, 1.807) is 0 Å². The van der Waals surface area contributed by atoms with Gasteiger partial charge in [-0.05, 0) is 48.9 Å². The lowest BCUT2D eigenvalue weighted by molar-refractivity contribution is 0.0938. The Hall–Kier alpha value is -2.55. The normalized spacial score (nSPS) is 14.1. The molecule has 0 aromatic heterocycles.